The number of fused-ring (bicyclic) bond motifs is 1. The summed E-state index contributed by atoms with van der Waals surface area (Å²) >= 11 is 0. The number of hydrogen-bond acceptors (Lipinski definition) is 3. The Morgan fingerprint density at radius 3 is 1.49 bits per heavy atom. The third-order valence-corrected chi connectivity index (χ3v) is 13.0. The first-order valence-electron chi connectivity index (χ1n) is 22.1. The predicted octanol–water partition coefficient (Wildman–Crippen LogP) is 15.3. The molecule has 0 bridgehead atoms. The zero-order valence-electron chi connectivity index (χ0n) is 35.2. The van der Waals surface area contributed by atoms with E-state index in [0.29, 0.717) is 17.5 Å². The second-order valence-corrected chi connectivity index (χ2v) is 16.7. The minimum atomic E-state index is 0.629. The molecule has 302 valence electrons. The summed E-state index contributed by atoms with van der Waals surface area (Å²) in [7, 11) is 0. The number of hydrogen-bond donors (Lipinski definition) is 0. The normalized spacial score (nSPS) is 12.2. The van der Waals surface area contributed by atoms with E-state index in [1.54, 1.807) is 0 Å². The Hall–Kier alpha value is -8.73. The van der Waals surface area contributed by atoms with Gasteiger partial charge in [-0.05, 0) is 115 Å². The van der Waals surface area contributed by atoms with Gasteiger partial charge < -0.3 is 4.57 Å². The van der Waals surface area contributed by atoms with Gasteiger partial charge in [0.05, 0.1) is 11.0 Å². The molecule has 0 spiro atoms. The highest BCUT2D eigenvalue weighted by molar-refractivity contribution is 6.31. The lowest BCUT2D eigenvalue weighted by Crippen LogP contribution is -2.01. The zero-order chi connectivity index (χ0) is 42.8. The lowest BCUT2D eigenvalue weighted by Gasteiger charge is -2.19. The summed E-state index contributed by atoms with van der Waals surface area (Å²) in [6.45, 7) is 0. The van der Waals surface area contributed by atoms with Crippen molar-refractivity contribution in [3.63, 3.8) is 0 Å². The van der Waals surface area contributed by atoms with Crippen molar-refractivity contribution < 1.29 is 0 Å². The SMILES string of the molecule is c1ccc(C2=C(c3cccc(-c4ccccc4)c3)c3cccc4c3c3c5c2cccc5ccc3n4-c2ccc(-c3nc(-c4ccccc4)nc(-c4ccc5ccccc5c4)n3)cc2)cc1. The Balaban J connectivity index is 1.02. The Morgan fingerprint density at radius 2 is 0.754 bits per heavy atom. The molecule has 1 aliphatic rings. The van der Waals surface area contributed by atoms with Gasteiger partial charge in [-0.15, -0.1) is 0 Å². The quantitative estimate of drug-likeness (QED) is 0.161. The van der Waals surface area contributed by atoms with E-state index in [2.05, 4.69) is 217 Å². The minimum Gasteiger partial charge on any atom is -0.309 e. The summed E-state index contributed by atoms with van der Waals surface area (Å²) in [5.41, 5.74) is 15.9. The maximum atomic E-state index is 5.12. The van der Waals surface area contributed by atoms with Crippen molar-refractivity contribution in [1.82, 2.24) is 19.5 Å². The molecule has 0 aliphatic heterocycles. The molecule has 12 aromatic rings. The van der Waals surface area contributed by atoms with Crippen LogP contribution in [-0.4, -0.2) is 19.5 Å². The second-order valence-electron chi connectivity index (χ2n) is 16.7. The van der Waals surface area contributed by atoms with E-state index in [9.17, 15) is 0 Å². The molecule has 0 unspecified atom stereocenters. The van der Waals surface area contributed by atoms with Crippen molar-refractivity contribution in [3.8, 4) is 51.0 Å². The van der Waals surface area contributed by atoms with E-state index in [0.717, 1.165) is 38.8 Å². The highest BCUT2D eigenvalue weighted by Gasteiger charge is 2.28. The molecule has 0 atom stereocenters. The molecule has 2 aromatic heterocycles. The minimum absolute atomic E-state index is 0.629. The standard InChI is InChI=1S/C61H38N4/c1-4-15-39(16-5-1)46-24-12-25-47(37-46)56-51-27-14-28-52-57(51)58-53(36-33-42-23-13-26-50(55(42)58)54(56)41-18-6-2-7-19-41)65(52)49-34-31-44(32-35-49)60-62-59(43-20-8-3-9-21-43)63-61(64-60)48-30-29-40-17-10-11-22-45(40)38-48/h1-38H. The van der Waals surface area contributed by atoms with Gasteiger partial charge in [-0.1, -0.05) is 182 Å². The Kier molecular flexibility index (Phi) is 8.50. The lowest BCUT2D eigenvalue weighted by molar-refractivity contribution is 1.07. The van der Waals surface area contributed by atoms with E-state index in [1.165, 1.54) is 71.5 Å². The van der Waals surface area contributed by atoms with Crippen LogP contribution in [0.1, 0.15) is 22.3 Å². The van der Waals surface area contributed by atoms with Gasteiger partial charge in [-0.3, -0.25) is 0 Å². The van der Waals surface area contributed by atoms with Crippen LogP contribution in [0.2, 0.25) is 0 Å². The highest BCUT2D eigenvalue weighted by atomic mass is 15.0. The molecule has 0 radical (unpaired) electrons. The molecular formula is C61H38N4. The Bertz CT molecular complexity index is 3850. The molecule has 4 nitrogen and oxygen atoms in total. The number of benzene rings is 10. The van der Waals surface area contributed by atoms with Crippen LogP contribution in [0.4, 0.5) is 0 Å². The van der Waals surface area contributed by atoms with E-state index >= 15 is 0 Å². The summed E-state index contributed by atoms with van der Waals surface area (Å²) in [6, 6.07) is 82.6. The summed E-state index contributed by atoms with van der Waals surface area (Å²) in [5, 5.41) is 7.33. The van der Waals surface area contributed by atoms with E-state index in [-0.39, 0.29) is 0 Å². The third kappa shape index (κ3) is 6.11. The third-order valence-electron chi connectivity index (χ3n) is 13.0. The van der Waals surface area contributed by atoms with Crippen LogP contribution in [0.15, 0.2) is 231 Å². The molecular weight excluding hydrogens is 789 g/mol. The van der Waals surface area contributed by atoms with Crippen molar-refractivity contribution in [2.24, 2.45) is 0 Å². The van der Waals surface area contributed by atoms with Crippen LogP contribution in [-0.2, 0) is 0 Å². The van der Waals surface area contributed by atoms with Gasteiger partial charge in [0.2, 0.25) is 0 Å². The predicted molar refractivity (Wildman–Crippen MR) is 269 cm³/mol. The van der Waals surface area contributed by atoms with E-state index in [4.69, 9.17) is 15.0 Å². The molecule has 1 aliphatic carbocycles. The first-order valence-corrected chi connectivity index (χ1v) is 22.1. The van der Waals surface area contributed by atoms with Crippen molar-refractivity contribution in [3.05, 3.63) is 253 Å². The highest BCUT2D eigenvalue weighted by Crippen LogP contribution is 2.50. The van der Waals surface area contributed by atoms with Gasteiger partial charge in [0.25, 0.3) is 0 Å². The summed E-state index contributed by atoms with van der Waals surface area (Å²) in [5.74, 6) is 1.91. The van der Waals surface area contributed by atoms with Gasteiger partial charge in [-0.2, -0.15) is 0 Å². The average molecular weight is 827 g/mol. The molecule has 13 rings (SSSR count). The van der Waals surface area contributed by atoms with Gasteiger partial charge in [0.15, 0.2) is 17.5 Å². The van der Waals surface area contributed by atoms with Gasteiger partial charge >= 0.3 is 0 Å². The van der Waals surface area contributed by atoms with Gasteiger partial charge in [0.1, 0.15) is 0 Å². The molecule has 2 heterocycles. The van der Waals surface area contributed by atoms with Crippen LogP contribution < -0.4 is 0 Å². The topological polar surface area (TPSA) is 43.6 Å². The fourth-order valence-corrected chi connectivity index (χ4v) is 10.0. The monoisotopic (exact) mass is 826 g/mol. The lowest BCUT2D eigenvalue weighted by atomic mass is 9.84. The number of rotatable bonds is 7. The van der Waals surface area contributed by atoms with Crippen molar-refractivity contribution in [1.29, 1.82) is 0 Å². The molecule has 10 aromatic carbocycles. The van der Waals surface area contributed by atoms with Crippen LogP contribution in [0.5, 0.6) is 0 Å². The van der Waals surface area contributed by atoms with Crippen molar-refractivity contribution in [2.45, 2.75) is 0 Å². The molecule has 0 amide bonds. The van der Waals surface area contributed by atoms with E-state index in [1.807, 2.05) is 18.2 Å². The molecule has 0 saturated heterocycles. The van der Waals surface area contributed by atoms with Crippen molar-refractivity contribution in [2.75, 3.05) is 0 Å². The summed E-state index contributed by atoms with van der Waals surface area (Å²) in [4.78, 5) is 15.2. The van der Waals surface area contributed by atoms with Crippen LogP contribution in [0.25, 0.3) is 105 Å². The smallest absolute Gasteiger partial charge is 0.164 e. The largest absolute Gasteiger partial charge is 0.309 e. The Labute approximate surface area is 376 Å². The molecule has 4 heteroatoms. The number of aromatic nitrogens is 4. The van der Waals surface area contributed by atoms with Gasteiger partial charge in [-0.25, -0.2) is 15.0 Å². The molecule has 0 fully saturated rings. The van der Waals surface area contributed by atoms with Crippen LogP contribution in [0.3, 0.4) is 0 Å². The fraction of sp³-hybridized carbons (Fsp3) is 0. The summed E-state index contributed by atoms with van der Waals surface area (Å²) in [6.07, 6.45) is 0. The second kappa shape index (κ2) is 15.0. The van der Waals surface area contributed by atoms with Crippen LogP contribution in [0, 0.1) is 0 Å². The molecule has 0 N–H and O–H groups in total. The first kappa shape index (κ1) is 36.9. The number of nitrogens with zero attached hydrogens (tertiary/aromatic N) is 4. The maximum Gasteiger partial charge on any atom is 0.164 e. The fourth-order valence-electron chi connectivity index (χ4n) is 10.0. The first-order chi connectivity index (χ1) is 32.2. The zero-order valence-corrected chi connectivity index (χ0v) is 35.2. The maximum absolute atomic E-state index is 5.12. The molecule has 0 saturated carbocycles. The van der Waals surface area contributed by atoms with E-state index < -0.39 is 0 Å². The average Bonchev–Trinajstić information content (AvgIpc) is 3.66. The summed E-state index contributed by atoms with van der Waals surface area (Å²) < 4.78 is 2.43. The van der Waals surface area contributed by atoms with Crippen LogP contribution >= 0.6 is 0 Å². The molecule has 65 heavy (non-hydrogen) atoms. The Morgan fingerprint density at radius 1 is 0.262 bits per heavy atom. The van der Waals surface area contributed by atoms with Crippen molar-refractivity contribution >= 4 is 54.5 Å². The van der Waals surface area contributed by atoms with Gasteiger partial charge in [0, 0.05) is 33.2 Å².